The molecule has 96 valence electrons. The summed E-state index contributed by atoms with van der Waals surface area (Å²) in [6.45, 7) is 0. The van der Waals surface area contributed by atoms with E-state index in [0.29, 0.717) is 11.3 Å². The van der Waals surface area contributed by atoms with Crippen LogP contribution in [0.3, 0.4) is 0 Å². The molecular formula is C14H13N3O2. The van der Waals surface area contributed by atoms with Crippen LogP contribution >= 0.6 is 0 Å². The summed E-state index contributed by atoms with van der Waals surface area (Å²) in [5, 5.41) is 3.88. The van der Waals surface area contributed by atoms with Gasteiger partial charge in [-0.2, -0.15) is 5.10 Å². The minimum absolute atomic E-state index is 0.270. The Bertz CT molecular complexity index is 565. The summed E-state index contributed by atoms with van der Waals surface area (Å²) in [5.41, 5.74) is 3.84. The molecule has 0 spiro atoms. The summed E-state index contributed by atoms with van der Waals surface area (Å²) in [6.07, 6.45) is 4.88. The first-order valence-electron chi connectivity index (χ1n) is 5.67. The van der Waals surface area contributed by atoms with Crippen molar-refractivity contribution in [1.29, 1.82) is 0 Å². The summed E-state index contributed by atoms with van der Waals surface area (Å²) < 4.78 is 5.02. The number of aromatic nitrogens is 1. The highest BCUT2D eigenvalue weighted by Crippen LogP contribution is 2.10. The van der Waals surface area contributed by atoms with Crippen LogP contribution in [0.4, 0.5) is 0 Å². The van der Waals surface area contributed by atoms with Crippen LogP contribution in [0.25, 0.3) is 0 Å². The van der Waals surface area contributed by atoms with Crippen LogP contribution in [0.1, 0.15) is 15.9 Å². The van der Waals surface area contributed by atoms with Crippen molar-refractivity contribution in [3.8, 4) is 5.75 Å². The lowest BCUT2D eigenvalue weighted by Gasteiger charge is -2.01. The van der Waals surface area contributed by atoms with E-state index in [4.69, 9.17) is 4.74 Å². The molecule has 0 aliphatic heterocycles. The summed E-state index contributed by atoms with van der Waals surface area (Å²) in [7, 11) is 1.58. The molecule has 0 fully saturated rings. The predicted molar refractivity (Wildman–Crippen MR) is 72.3 cm³/mol. The summed E-state index contributed by atoms with van der Waals surface area (Å²) in [6, 6.07) is 10.4. The number of ether oxygens (including phenoxy) is 1. The van der Waals surface area contributed by atoms with Gasteiger partial charge in [0.25, 0.3) is 5.91 Å². The molecule has 0 aliphatic rings. The largest absolute Gasteiger partial charge is 0.497 e. The normalized spacial score (nSPS) is 10.4. The Balaban J connectivity index is 1.95. The van der Waals surface area contributed by atoms with Crippen LogP contribution in [0.2, 0.25) is 0 Å². The zero-order valence-electron chi connectivity index (χ0n) is 10.4. The van der Waals surface area contributed by atoms with E-state index in [1.54, 1.807) is 62.1 Å². The number of benzene rings is 1. The van der Waals surface area contributed by atoms with E-state index >= 15 is 0 Å². The second-order valence-corrected chi connectivity index (χ2v) is 3.71. The van der Waals surface area contributed by atoms with Gasteiger partial charge in [-0.05, 0) is 42.0 Å². The van der Waals surface area contributed by atoms with E-state index < -0.39 is 0 Å². The molecule has 1 heterocycles. The van der Waals surface area contributed by atoms with Gasteiger partial charge in [0.1, 0.15) is 5.75 Å². The fraction of sp³-hybridized carbons (Fsp3) is 0.0714. The molecule has 0 radical (unpaired) electrons. The predicted octanol–water partition coefficient (Wildman–Crippen LogP) is 1.85. The zero-order chi connectivity index (χ0) is 13.5. The number of nitrogens with zero attached hydrogens (tertiary/aromatic N) is 2. The second-order valence-electron chi connectivity index (χ2n) is 3.71. The third-order valence-corrected chi connectivity index (χ3v) is 2.44. The SMILES string of the molecule is COc1ccc(C(=O)N/N=C/c2ccncc2)cc1. The fourth-order valence-corrected chi connectivity index (χ4v) is 1.42. The molecule has 5 nitrogen and oxygen atoms in total. The third kappa shape index (κ3) is 3.64. The van der Waals surface area contributed by atoms with Gasteiger partial charge < -0.3 is 4.74 Å². The lowest BCUT2D eigenvalue weighted by molar-refractivity contribution is 0.0955. The molecule has 0 saturated carbocycles. The van der Waals surface area contributed by atoms with Gasteiger partial charge in [-0.3, -0.25) is 9.78 Å². The molecule has 0 atom stereocenters. The van der Waals surface area contributed by atoms with E-state index in [1.807, 2.05) is 0 Å². The standard InChI is InChI=1S/C14H13N3O2/c1-19-13-4-2-12(3-5-13)14(18)17-16-10-11-6-8-15-9-7-11/h2-10H,1H3,(H,17,18)/b16-10+. The van der Waals surface area contributed by atoms with E-state index in [0.717, 1.165) is 5.56 Å². The van der Waals surface area contributed by atoms with Gasteiger partial charge in [0.15, 0.2) is 0 Å². The van der Waals surface area contributed by atoms with Crippen LogP contribution < -0.4 is 10.2 Å². The van der Waals surface area contributed by atoms with Crippen LogP contribution in [-0.2, 0) is 0 Å². The van der Waals surface area contributed by atoms with Gasteiger partial charge in [0.2, 0.25) is 0 Å². The Hall–Kier alpha value is -2.69. The smallest absolute Gasteiger partial charge is 0.271 e. The van der Waals surface area contributed by atoms with Crippen LogP contribution in [-0.4, -0.2) is 24.2 Å². The average Bonchev–Trinajstić information content (AvgIpc) is 2.48. The van der Waals surface area contributed by atoms with E-state index in [-0.39, 0.29) is 5.91 Å². The van der Waals surface area contributed by atoms with Crippen molar-refractivity contribution in [2.45, 2.75) is 0 Å². The van der Waals surface area contributed by atoms with Crippen molar-refractivity contribution in [3.63, 3.8) is 0 Å². The zero-order valence-corrected chi connectivity index (χ0v) is 10.4. The molecule has 0 unspecified atom stereocenters. The Morgan fingerprint density at radius 2 is 1.89 bits per heavy atom. The molecule has 0 aliphatic carbocycles. The molecule has 1 aromatic carbocycles. The summed E-state index contributed by atoms with van der Waals surface area (Å²) in [5.74, 6) is 0.435. The molecule has 1 N–H and O–H groups in total. The number of amides is 1. The van der Waals surface area contributed by atoms with Crippen LogP contribution in [0.15, 0.2) is 53.9 Å². The Morgan fingerprint density at radius 3 is 2.53 bits per heavy atom. The topological polar surface area (TPSA) is 63.6 Å². The Labute approximate surface area is 110 Å². The highest BCUT2D eigenvalue weighted by atomic mass is 16.5. The van der Waals surface area contributed by atoms with Crippen molar-refractivity contribution in [1.82, 2.24) is 10.4 Å². The monoisotopic (exact) mass is 255 g/mol. The van der Waals surface area contributed by atoms with Crippen molar-refractivity contribution < 1.29 is 9.53 Å². The van der Waals surface area contributed by atoms with Gasteiger partial charge in [-0.25, -0.2) is 5.43 Å². The lowest BCUT2D eigenvalue weighted by Crippen LogP contribution is -2.17. The summed E-state index contributed by atoms with van der Waals surface area (Å²) in [4.78, 5) is 15.6. The highest BCUT2D eigenvalue weighted by molar-refractivity contribution is 5.94. The number of carbonyl (C=O) groups excluding carboxylic acids is 1. The van der Waals surface area contributed by atoms with E-state index in [2.05, 4.69) is 15.5 Å². The quantitative estimate of drug-likeness (QED) is 0.670. The maximum atomic E-state index is 11.8. The third-order valence-electron chi connectivity index (χ3n) is 2.44. The van der Waals surface area contributed by atoms with E-state index in [9.17, 15) is 4.79 Å². The number of carbonyl (C=O) groups is 1. The lowest BCUT2D eigenvalue weighted by atomic mass is 10.2. The molecule has 1 amide bonds. The molecule has 0 bridgehead atoms. The second kappa shape index (κ2) is 6.30. The van der Waals surface area contributed by atoms with Gasteiger partial charge in [-0.15, -0.1) is 0 Å². The number of hydrazone groups is 1. The number of pyridine rings is 1. The van der Waals surface area contributed by atoms with Gasteiger partial charge in [0.05, 0.1) is 13.3 Å². The number of methoxy groups -OCH3 is 1. The van der Waals surface area contributed by atoms with Crippen LogP contribution in [0, 0.1) is 0 Å². The first kappa shape index (κ1) is 12.8. The molecule has 0 saturated heterocycles. The van der Waals surface area contributed by atoms with Gasteiger partial charge in [-0.1, -0.05) is 0 Å². The maximum absolute atomic E-state index is 11.8. The first-order valence-corrected chi connectivity index (χ1v) is 5.67. The number of rotatable bonds is 4. The number of hydrogen-bond donors (Lipinski definition) is 1. The highest BCUT2D eigenvalue weighted by Gasteiger charge is 2.03. The molecule has 2 rings (SSSR count). The average molecular weight is 255 g/mol. The van der Waals surface area contributed by atoms with Gasteiger partial charge in [0, 0.05) is 18.0 Å². The Kier molecular flexibility index (Phi) is 4.23. The van der Waals surface area contributed by atoms with E-state index in [1.165, 1.54) is 0 Å². The van der Waals surface area contributed by atoms with Crippen molar-refractivity contribution >= 4 is 12.1 Å². The molecule has 5 heteroatoms. The molecule has 1 aromatic heterocycles. The molecular weight excluding hydrogens is 242 g/mol. The maximum Gasteiger partial charge on any atom is 0.271 e. The fourth-order valence-electron chi connectivity index (χ4n) is 1.42. The minimum atomic E-state index is -0.270. The van der Waals surface area contributed by atoms with Crippen molar-refractivity contribution in [2.24, 2.45) is 5.10 Å². The molecule has 2 aromatic rings. The number of hydrogen-bond acceptors (Lipinski definition) is 4. The summed E-state index contributed by atoms with van der Waals surface area (Å²) >= 11 is 0. The minimum Gasteiger partial charge on any atom is -0.497 e. The van der Waals surface area contributed by atoms with Crippen molar-refractivity contribution in [2.75, 3.05) is 7.11 Å². The van der Waals surface area contributed by atoms with Crippen LogP contribution in [0.5, 0.6) is 5.75 Å². The number of nitrogens with one attached hydrogen (secondary N) is 1. The molecule has 19 heavy (non-hydrogen) atoms. The van der Waals surface area contributed by atoms with Gasteiger partial charge >= 0.3 is 0 Å². The Morgan fingerprint density at radius 1 is 1.21 bits per heavy atom. The first-order chi connectivity index (χ1) is 9.29. The van der Waals surface area contributed by atoms with Crippen molar-refractivity contribution in [3.05, 3.63) is 59.9 Å².